The monoisotopic (exact) mass is 276 g/mol. The summed E-state index contributed by atoms with van der Waals surface area (Å²) in [6.07, 6.45) is 0. The summed E-state index contributed by atoms with van der Waals surface area (Å²) in [5.41, 5.74) is -0.247. The first-order valence-electron chi connectivity index (χ1n) is 6.13. The van der Waals surface area contributed by atoms with Crippen molar-refractivity contribution in [2.45, 2.75) is 6.92 Å². The Labute approximate surface area is 114 Å². The van der Waals surface area contributed by atoms with E-state index < -0.39 is 11.2 Å². The first-order valence-corrected chi connectivity index (χ1v) is 6.13. The minimum Gasteiger partial charge on any atom is -0.344 e. The smallest absolute Gasteiger partial charge is 0.332 e. The SMILES string of the molecule is CC(C#N)CN(C)c1nc2c([nH]1)c(=O)n(C)c(=O)n2C. The van der Waals surface area contributed by atoms with E-state index in [1.54, 1.807) is 25.9 Å². The molecule has 0 bridgehead atoms. The number of rotatable bonds is 3. The lowest BCUT2D eigenvalue weighted by atomic mass is 10.2. The highest BCUT2D eigenvalue weighted by Gasteiger charge is 2.16. The molecule has 0 aliphatic rings. The molecule has 0 aliphatic heterocycles. The van der Waals surface area contributed by atoms with Gasteiger partial charge >= 0.3 is 5.69 Å². The van der Waals surface area contributed by atoms with Gasteiger partial charge in [-0.25, -0.2) is 4.79 Å². The molecule has 2 rings (SSSR count). The van der Waals surface area contributed by atoms with Crippen LogP contribution in [0.1, 0.15) is 6.92 Å². The number of aromatic nitrogens is 4. The summed E-state index contributed by atoms with van der Waals surface area (Å²) < 4.78 is 2.35. The predicted molar refractivity (Wildman–Crippen MR) is 74.6 cm³/mol. The minimum atomic E-state index is -0.423. The van der Waals surface area contributed by atoms with Gasteiger partial charge in [-0.1, -0.05) is 0 Å². The summed E-state index contributed by atoms with van der Waals surface area (Å²) in [5, 5.41) is 8.83. The molecule has 0 saturated heterocycles. The van der Waals surface area contributed by atoms with Crippen LogP contribution in [0.3, 0.4) is 0 Å². The summed E-state index contributed by atoms with van der Waals surface area (Å²) in [6, 6.07) is 2.14. The zero-order valence-corrected chi connectivity index (χ0v) is 11.8. The van der Waals surface area contributed by atoms with E-state index >= 15 is 0 Å². The number of anilines is 1. The lowest BCUT2D eigenvalue weighted by molar-refractivity contribution is 0.703. The Morgan fingerprint density at radius 1 is 1.40 bits per heavy atom. The lowest BCUT2D eigenvalue weighted by Gasteiger charge is -2.16. The van der Waals surface area contributed by atoms with Gasteiger partial charge in [0.05, 0.1) is 12.0 Å². The largest absolute Gasteiger partial charge is 0.344 e. The second-order valence-corrected chi connectivity index (χ2v) is 4.88. The minimum absolute atomic E-state index is 0.167. The number of fused-ring (bicyclic) bond motifs is 1. The topological polar surface area (TPSA) is 99.7 Å². The van der Waals surface area contributed by atoms with Gasteiger partial charge in [0.2, 0.25) is 5.95 Å². The second kappa shape index (κ2) is 4.85. The molecule has 0 radical (unpaired) electrons. The third-order valence-electron chi connectivity index (χ3n) is 3.21. The molecule has 0 aromatic carbocycles. The van der Waals surface area contributed by atoms with Crippen LogP contribution in [0.2, 0.25) is 0 Å². The van der Waals surface area contributed by atoms with Crippen LogP contribution in [-0.2, 0) is 14.1 Å². The van der Waals surface area contributed by atoms with E-state index in [2.05, 4.69) is 16.0 Å². The Kier molecular flexibility index (Phi) is 3.36. The van der Waals surface area contributed by atoms with E-state index in [0.29, 0.717) is 18.1 Å². The van der Waals surface area contributed by atoms with E-state index in [1.807, 2.05) is 0 Å². The summed E-state index contributed by atoms with van der Waals surface area (Å²) in [5.74, 6) is 0.292. The van der Waals surface area contributed by atoms with Gasteiger partial charge in [0, 0.05) is 27.7 Å². The molecule has 2 aromatic heterocycles. The second-order valence-electron chi connectivity index (χ2n) is 4.88. The van der Waals surface area contributed by atoms with E-state index in [0.717, 1.165) is 4.57 Å². The van der Waals surface area contributed by atoms with E-state index in [9.17, 15) is 9.59 Å². The van der Waals surface area contributed by atoms with Gasteiger partial charge in [-0.05, 0) is 6.92 Å². The van der Waals surface area contributed by atoms with Gasteiger partial charge in [0.15, 0.2) is 11.2 Å². The number of aryl methyl sites for hydroxylation is 1. The van der Waals surface area contributed by atoms with Gasteiger partial charge < -0.3 is 9.88 Å². The van der Waals surface area contributed by atoms with Gasteiger partial charge in [0.25, 0.3) is 5.56 Å². The van der Waals surface area contributed by atoms with E-state index in [1.165, 1.54) is 11.6 Å². The van der Waals surface area contributed by atoms with Crippen molar-refractivity contribution in [3.8, 4) is 6.07 Å². The maximum atomic E-state index is 12.0. The van der Waals surface area contributed by atoms with Crippen molar-refractivity contribution in [2.24, 2.45) is 20.0 Å². The van der Waals surface area contributed by atoms with Crippen molar-refractivity contribution >= 4 is 17.1 Å². The summed E-state index contributed by atoms with van der Waals surface area (Å²) in [6.45, 7) is 2.28. The number of hydrogen-bond donors (Lipinski definition) is 1. The molecule has 20 heavy (non-hydrogen) atoms. The molecule has 106 valence electrons. The Bertz CT molecular complexity index is 806. The Morgan fingerprint density at radius 3 is 2.65 bits per heavy atom. The van der Waals surface area contributed by atoms with Gasteiger partial charge in [-0.3, -0.25) is 13.9 Å². The van der Waals surface area contributed by atoms with Crippen molar-refractivity contribution in [3.05, 3.63) is 20.8 Å². The number of H-pyrrole nitrogens is 1. The van der Waals surface area contributed by atoms with Crippen molar-refractivity contribution in [1.29, 1.82) is 5.26 Å². The molecular weight excluding hydrogens is 260 g/mol. The van der Waals surface area contributed by atoms with Gasteiger partial charge in [-0.15, -0.1) is 0 Å². The van der Waals surface area contributed by atoms with Crippen LogP contribution in [-0.4, -0.2) is 32.7 Å². The molecule has 1 atom stereocenters. The molecule has 1 N–H and O–H groups in total. The molecule has 8 nitrogen and oxygen atoms in total. The molecule has 1 unspecified atom stereocenters. The molecule has 8 heteroatoms. The van der Waals surface area contributed by atoms with Crippen LogP contribution in [0.4, 0.5) is 5.95 Å². The molecule has 0 fully saturated rings. The maximum absolute atomic E-state index is 12.0. The first-order chi connectivity index (χ1) is 9.36. The quantitative estimate of drug-likeness (QED) is 0.819. The highest BCUT2D eigenvalue weighted by molar-refractivity contribution is 5.72. The number of aromatic amines is 1. The molecule has 2 heterocycles. The Hall–Kier alpha value is -2.56. The van der Waals surface area contributed by atoms with Crippen LogP contribution in [0.5, 0.6) is 0 Å². The third-order valence-corrected chi connectivity index (χ3v) is 3.21. The zero-order chi connectivity index (χ0) is 15.0. The molecule has 0 amide bonds. The Balaban J connectivity index is 2.58. The van der Waals surface area contributed by atoms with Crippen LogP contribution < -0.4 is 16.1 Å². The van der Waals surface area contributed by atoms with Crippen LogP contribution in [0.15, 0.2) is 9.59 Å². The summed E-state index contributed by atoms with van der Waals surface area (Å²) >= 11 is 0. The fraction of sp³-hybridized carbons (Fsp3) is 0.500. The summed E-state index contributed by atoms with van der Waals surface area (Å²) in [7, 11) is 4.76. The normalized spacial score (nSPS) is 12.3. The summed E-state index contributed by atoms with van der Waals surface area (Å²) in [4.78, 5) is 32.8. The highest BCUT2D eigenvalue weighted by atomic mass is 16.2. The standard InChI is InChI=1S/C12H16N6O2/c1-7(5-13)6-16(2)11-14-8-9(15-11)17(3)12(20)18(4)10(8)19/h7H,6H2,1-4H3,(H,14,15). The first kappa shape index (κ1) is 13.9. The number of nitriles is 1. The van der Waals surface area contributed by atoms with E-state index in [-0.39, 0.29) is 11.4 Å². The average molecular weight is 276 g/mol. The fourth-order valence-corrected chi connectivity index (χ4v) is 2.03. The van der Waals surface area contributed by atoms with Crippen LogP contribution in [0, 0.1) is 17.2 Å². The van der Waals surface area contributed by atoms with Gasteiger partial charge in [-0.2, -0.15) is 10.2 Å². The van der Waals surface area contributed by atoms with Crippen molar-refractivity contribution in [3.63, 3.8) is 0 Å². The molecular formula is C12H16N6O2. The number of nitrogens with one attached hydrogen (secondary N) is 1. The molecule has 0 saturated carbocycles. The fourth-order valence-electron chi connectivity index (χ4n) is 2.03. The molecule has 0 aliphatic carbocycles. The number of nitrogens with zero attached hydrogens (tertiary/aromatic N) is 5. The average Bonchev–Trinajstić information content (AvgIpc) is 2.88. The highest BCUT2D eigenvalue weighted by Crippen LogP contribution is 2.13. The predicted octanol–water partition coefficient (Wildman–Crippen LogP) is -0.444. The van der Waals surface area contributed by atoms with Crippen LogP contribution in [0.25, 0.3) is 11.2 Å². The maximum Gasteiger partial charge on any atom is 0.332 e. The Morgan fingerprint density at radius 2 is 2.05 bits per heavy atom. The van der Waals surface area contributed by atoms with Gasteiger partial charge in [0.1, 0.15) is 0 Å². The zero-order valence-electron chi connectivity index (χ0n) is 11.8. The third kappa shape index (κ3) is 2.07. The van der Waals surface area contributed by atoms with Crippen molar-refractivity contribution < 1.29 is 0 Å². The molecule has 2 aromatic rings. The van der Waals surface area contributed by atoms with Crippen molar-refractivity contribution in [1.82, 2.24) is 19.1 Å². The number of imidazole rings is 1. The molecule has 0 spiro atoms. The van der Waals surface area contributed by atoms with Crippen LogP contribution >= 0.6 is 0 Å². The van der Waals surface area contributed by atoms with E-state index in [4.69, 9.17) is 5.26 Å². The van der Waals surface area contributed by atoms with Crippen molar-refractivity contribution in [2.75, 3.05) is 18.5 Å². The lowest BCUT2D eigenvalue weighted by Crippen LogP contribution is -2.36. The number of hydrogen-bond acceptors (Lipinski definition) is 5.